The van der Waals surface area contributed by atoms with Crippen molar-refractivity contribution in [3.63, 3.8) is 0 Å². The molecule has 62 valence electrons. The van der Waals surface area contributed by atoms with Gasteiger partial charge in [-0.3, -0.25) is 0 Å². The van der Waals surface area contributed by atoms with E-state index in [4.69, 9.17) is 9.63 Å². The zero-order chi connectivity index (χ0) is 8.10. The molecule has 0 fully saturated rings. The number of rotatable bonds is 4. The molecular weight excluding hydrogens is 142 g/mol. The van der Waals surface area contributed by atoms with Crippen molar-refractivity contribution in [1.82, 2.24) is 5.16 Å². The SMILES string of the molecule is CCCCc1nocc1CO. The number of hydrogen-bond donors (Lipinski definition) is 1. The highest BCUT2D eigenvalue weighted by atomic mass is 16.5. The third kappa shape index (κ3) is 2.05. The van der Waals surface area contributed by atoms with Crippen molar-refractivity contribution in [2.75, 3.05) is 0 Å². The van der Waals surface area contributed by atoms with Crippen LogP contribution >= 0.6 is 0 Å². The van der Waals surface area contributed by atoms with Gasteiger partial charge in [-0.15, -0.1) is 0 Å². The van der Waals surface area contributed by atoms with E-state index in [2.05, 4.69) is 12.1 Å². The molecule has 0 amide bonds. The molecule has 0 radical (unpaired) electrons. The molecule has 0 aliphatic heterocycles. The largest absolute Gasteiger partial charge is 0.391 e. The number of unbranched alkanes of at least 4 members (excludes halogenated alkanes) is 1. The Kier molecular flexibility index (Phi) is 3.11. The summed E-state index contributed by atoms with van der Waals surface area (Å²) in [6.07, 6.45) is 4.64. The lowest BCUT2D eigenvalue weighted by atomic mass is 10.1. The summed E-state index contributed by atoms with van der Waals surface area (Å²) in [7, 11) is 0. The first-order chi connectivity index (χ1) is 5.38. The van der Waals surface area contributed by atoms with Gasteiger partial charge in [0.15, 0.2) is 0 Å². The molecule has 0 saturated carbocycles. The molecule has 0 aliphatic carbocycles. The molecule has 0 bridgehead atoms. The van der Waals surface area contributed by atoms with Crippen LogP contribution in [0.5, 0.6) is 0 Å². The third-order valence-corrected chi connectivity index (χ3v) is 1.67. The van der Waals surface area contributed by atoms with Crippen LogP contribution in [-0.4, -0.2) is 10.3 Å². The third-order valence-electron chi connectivity index (χ3n) is 1.67. The maximum atomic E-state index is 8.81. The van der Waals surface area contributed by atoms with Crippen LogP contribution in [0.3, 0.4) is 0 Å². The van der Waals surface area contributed by atoms with Crippen LogP contribution in [0.1, 0.15) is 31.0 Å². The van der Waals surface area contributed by atoms with Crippen LogP contribution in [-0.2, 0) is 13.0 Å². The lowest BCUT2D eigenvalue weighted by Crippen LogP contribution is -1.90. The zero-order valence-electron chi connectivity index (χ0n) is 6.71. The normalized spacial score (nSPS) is 10.4. The molecule has 1 aromatic rings. The van der Waals surface area contributed by atoms with Gasteiger partial charge in [-0.25, -0.2) is 0 Å². The molecule has 0 spiro atoms. The highest BCUT2D eigenvalue weighted by Gasteiger charge is 2.04. The summed E-state index contributed by atoms with van der Waals surface area (Å²) in [5.41, 5.74) is 1.72. The molecule has 0 saturated heterocycles. The fraction of sp³-hybridized carbons (Fsp3) is 0.625. The average Bonchev–Trinajstić information content (AvgIpc) is 2.47. The van der Waals surface area contributed by atoms with Crippen molar-refractivity contribution in [2.24, 2.45) is 0 Å². The highest BCUT2D eigenvalue weighted by molar-refractivity contribution is 5.13. The Labute approximate surface area is 66.0 Å². The van der Waals surface area contributed by atoms with Crippen LogP contribution < -0.4 is 0 Å². The van der Waals surface area contributed by atoms with E-state index in [0.29, 0.717) is 0 Å². The standard InChI is InChI=1S/C8H13NO2/c1-2-3-4-8-7(5-10)6-11-9-8/h6,10H,2-5H2,1H3. The Morgan fingerprint density at radius 2 is 2.45 bits per heavy atom. The molecule has 3 heteroatoms. The summed E-state index contributed by atoms with van der Waals surface area (Å²) < 4.78 is 4.72. The summed E-state index contributed by atoms with van der Waals surface area (Å²) in [4.78, 5) is 0. The molecule has 3 nitrogen and oxygen atoms in total. The van der Waals surface area contributed by atoms with Crippen molar-refractivity contribution < 1.29 is 9.63 Å². The predicted octanol–water partition coefficient (Wildman–Crippen LogP) is 1.51. The average molecular weight is 155 g/mol. The minimum Gasteiger partial charge on any atom is -0.391 e. The van der Waals surface area contributed by atoms with E-state index in [9.17, 15) is 0 Å². The molecule has 1 aromatic heterocycles. The zero-order valence-corrected chi connectivity index (χ0v) is 6.71. The van der Waals surface area contributed by atoms with E-state index in [1.54, 1.807) is 0 Å². The molecule has 1 heterocycles. The fourth-order valence-corrected chi connectivity index (χ4v) is 0.959. The first-order valence-electron chi connectivity index (χ1n) is 3.91. The second kappa shape index (κ2) is 4.13. The van der Waals surface area contributed by atoms with Crippen molar-refractivity contribution in [3.8, 4) is 0 Å². The smallest absolute Gasteiger partial charge is 0.129 e. The van der Waals surface area contributed by atoms with Gasteiger partial charge in [-0.05, 0) is 12.8 Å². The first kappa shape index (κ1) is 8.27. The molecule has 0 unspecified atom stereocenters. The van der Waals surface area contributed by atoms with Crippen LogP contribution in [0.25, 0.3) is 0 Å². The van der Waals surface area contributed by atoms with Crippen molar-refractivity contribution in [3.05, 3.63) is 17.5 Å². The number of hydrogen-bond acceptors (Lipinski definition) is 3. The van der Waals surface area contributed by atoms with Gasteiger partial charge in [0.25, 0.3) is 0 Å². The Hall–Kier alpha value is -0.830. The van der Waals surface area contributed by atoms with E-state index in [-0.39, 0.29) is 6.61 Å². The molecule has 0 atom stereocenters. The van der Waals surface area contributed by atoms with Gasteiger partial charge in [0.05, 0.1) is 12.3 Å². The van der Waals surface area contributed by atoms with Crippen molar-refractivity contribution in [1.29, 1.82) is 0 Å². The van der Waals surface area contributed by atoms with Gasteiger partial charge in [-0.2, -0.15) is 0 Å². The lowest BCUT2D eigenvalue weighted by Gasteiger charge is -1.94. The summed E-state index contributed by atoms with van der Waals surface area (Å²) >= 11 is 0. The number of aromatic nitrogens is 1. The molecular formula is C8H13NO2. The second-order valence-electron chi connectivity index (χ2n) is 2.55. The van der Waals surface area contributed by atoms with Gasteiger partial charge < -0.3 is 9.63 Å². The monoisotopic (exact) mass is 155 g/mol. The van der Waals surface area contributed by atoms with Gasteiger partial charge >= 0.3 is 0 Å². The summed E-state index contributed by atoms with van der Waals surface area (Å²) in [6.45, 7) is 2.15. The van der Waals surface area contributed by atoms with Crippen LogP contribution in [0.4, 0.5) is 0 Å². The molecule has 0 aromatic carbocycles. The highest BCUT2D eigenvalue weighted by Crippen LogP contribution is 2.09. The van der Waals surface area contributed by atoms with E-state index in [1.807, 2.05) is 0 Å². The summed E-state index contributed by atoms with van der Waals surface area (Å²) in [5.74, 6) is 0. The predicted molar refractivity (Wildman–Crippen MR) is 41.0 cm³/mol. The van der Waals surface area contributed by atoms with Crippen molar-refractivity contribution in [2.45, 2.75) is 32.8 Å². The Bertz CT molecular complexity index is 208. The Morgan fingerprint density at radius 3 is 3.09 bits per heavy atom. The van der Waals surface area contributed by atoms with Gasteiger partial charge in [0, 0.05) is 5.56 Å². The second-order valence-corrected chi connectivity index (χ2v) is 2.55. The first-order valence-corrected chi connectivity index (χ1v) is 3.91. The van der Waals surface area contributed by atoms with Crippen LogP contribution in [0.2, 0.25) is 0 Å². The topological polar surface area (TPSA) is 46.3 Å². The number of aliphatic hydroxyl groups is 1. The molecule has 0 aliphatic rings. The van der Waals surface area contributed by atoms with Crippen LogP contribution in [0, 0.1) is 0 Å². The fourth-order valence-electron chi connectivity index (χ4n) is 0.959. The Morgan fingerprint density at radius 1 is 1.64 bits per heavy atom. The number of nitrogens with zero attached hydrogens (tertiary/aromatic N) is 1. The van der Waals surface area contributed by atoms with E-state index in [0.717, 1.165) is 30.5 Å². The maximum absolute atomic E-state index is 8.81. The van der Waals surface area contributed by atoms with Crippen LogP contribution in [0.15, 0.2) is 10.8 Å². The molecule has 1 N–H and O–H groups in total. The maximum Gasteiger partial charge on any atom is 0.129 e. The van der Waals surface area contributed by atoms with E-state index < -0.39 is 0 Å². The Balaban J connectivity index is 2.54. The van der Waals surface area contributed by atoms with Gasteiger partial charge in [0.2, 0.25) is 0 Å². The minimum absolute atomic E-state index is 0.0303. The number of aliphatic hydroxyl groups excluding tert-OH is 1. The lowest BCUT2D eigenvalue weighted by molar-refractivity contribution is 0.279. The van der Waals surface area contributed by atoms with Crippen molar-refractivity contribution >= 4 is 0 Å². The van der Waals surface area contributed by atoms with Gasteiger partial charge in [0.1, 0.15) is 6.26 Å². The van der Waals surface area contributed by atoms with E-state index in [1.165, 1.54) is 6.26 Å². The molecule has 11 heavy (non-hydrogen) atoms. The minimum atomic E-state index is 0.0303. The summed E-state index contributed by atoms with van der Waals surface area (Å²) in [6, 6.07) is 0. The number of aryl methyl sites for hydroxylation is 1. The van der Waals surface area contributed by atoms with E-state index >= 15 is 0 Å². The van der Waals surface area contributed by atoms with Gasteiger partial charge in [-0.1, -0.05) is 18.5 Å². The summed E-state index contributed by atoms with van der Waals surface area (Å²) in [5, 5.41) is 12.6. The molecule has 1 rings (SSSR count). The quantitative estimate of drug-likeness (QED) is 0.716.